The van der Waals surface area contributed by atoms with Gasteiger partial charge < -0.3 is 10.2 Å². The molecule has 0 radical (unpaired) electrons. The molecule has 7 nitrogen and oxygen atoms in total. The van der Waals surface area contributed by atoms with Gasteiger partial charge in [-0.15, -0.1) is 0 Å². The van der Waals surface area contributed by atoms with Crippen molar-refractivity contribution in [3.8, 4) is 0 Å². The molecular weight excluding hydrogens is 469 g/mol. The van der Waals surface area contributed by atoms with Crippen LogP contribution in [0.1, 0.15) is 51.5 Å². The van der Waals surface area contributed by atoms with E-state index in [1.807, 2.05) is 44.2 Å². The summed E-state index contributed by atoms with van der Waals surface area (Å²) in [5.41, 5.74) is 1.24. The first kappa shape index (κ1) is 28.3. The third-order valence-electron chi connectivity index (χ3n) is 5.68. The summed E-state index contributed by atoms with van der Waals surface area (Å²) in [4.78, 5) is 27.8. The fourth-order valence-electron chi connectivity index (χ4n) is 3.82. The molecule has 0 bridgehead atoms. The number of hydrogen-bond acceptors (Lipinski definition) is 4. The molecule has 0 aliphatic carbocycles. The van der Waals surface area contributed by atoms with Crippen molar-refractivity contribution < 1.29 is 22.4 Å². The first-order valence-electron chi connectivity index (χ1n) is 12.0. The maximum absolute atomic E-state index is 13.3. The number of nitrogens with one attached hydrogen (secondary N) is 1. The Hall–Kier alpha value is -2.94. The number of sulfonamides is 1. The van der Waals surface area contributed by atoms with Gasteiger partial charge in [0, 0.05) is 26.1 Å². The second-order valence-corrected chi connectivity index (χ2v) is 10.4. The molecule has 2 aromatic rings. The van der Waals surface area contributed by atoms with Gasteiger partial charge in [0.25, 0.3) is 0 Å². The minimum Gasteiger partial charge on any atom is -0.354 e. The zero-order valence-corrected chi connectivity index (χ0v) is 21.6. The van der Waals surface area contributed by atoms with Crippen LogP contribution in [-0.4, -0.2) is 50.5 Å². The molecule has 0 saturated carbocycles. The van der Waals surface area contributed by atoms with Crippen molar-refractivity contribution in [2.45, 2.75) is 58.5 Å². The molecular formula is C26H36FN3O4S. The number of hydrogen-bond donors (Lipinski definition) is 1. The zero-order valence-electron chi connectivity index (χ0n) is 20.7. The van der Waals surface area contributed by atoms with Crippen molar-refractivity contribution in [2.75, 3.05) is 23.7 Å². The number of unbranched alkanes of at least 4 members (excludes halogenated alkanes) is 1. The van der Waals surface area contributed by atoms with Gasteiger partial charge in [-0.2, -0.15) is 0 Å². The molecule has 0 spiro atoms. The second kappa shape index (κ2) is 13.8. The molecule has 2 rings (SSSR count). The largest absolute Gasteiger partial charge is 0.354 e. The fraction of sp³-hybridized carbons (Fsp3) is 0.462. The van der Waals surface area contributed by atoms with Gasteiger partial charge in [0.05, 0.1) is 11.9 Å². The summed E-state index contributed by atoms with van der Waals surface area (Å²) >= 11 is 0. The first-order chi connectivity index (χ1) is 16.7. The van der Waals surface area contributed by atoms with E-state index in [1.165, 1.54) is 24.3 Å². The molecule has 9 heteroatoms. The maximum Gasteiger partial charge on any atom is 0.242 e. The summed E-state index contributed by atoms with van der Waals surface area (Å²) in [5.74, 6) is -0.870. The third-order valence-corrected chi connectivity index (χ3v) is 6.87. The number of carbonyl (C=O) groups excluding carboxylic acids is 2. The summed E-state index contributed by atoms with van der Waals surface area (Å²) < 4.78 is 39.1. The zero-order chi connectivity index (χ0) is 25.8. The average Bonchev–Trinajstić information content (AvgIpc) is 2.82. The van der Waals surface area contributed by atoms with E-state index >= 15 is 0 Å². The lowest BCUT2D eigenvalue weighted by molar-refractivity contribution is -0.141. The van der Waals surface area contributed by atoms with Crippen molar-refractivity contribution >= 4 is 27.5 Å². The number of nitrogens with zero attached hydrogens (tertiary/aromatic N) is 2. The number of benzene rings is 2. The molecule has 0 fully saturated rings. The second-order valence-electron chi connectivity index (χ2n) is 8.49. The van der Waals surface area contributed by atoms with Crippen molar-refractivity contribution in [2.24, 2.45) is 0 Å². The highest BCUT2D eigenvalue weighted by atomic mass is 32.2. The monoisotopic (exact) mass is 505 g/mol. The Bertz CT molecular complexity index is 1050. The van der Waals surface area contributed by atoms with E-state index in [0.29, 0.717) is 18.7 Å². The third kappa shape index (κ3) is 8.98. The number of halogens is 1. The lowest BCUT2D eigenvalue weighted by Crippen LogP contribution is -2.49. The van der Waals surface area contributed by atoms with Crippen LogP contribution in [0, 0.1) is 5.82 Å². The van der Waals surface area contributed by atoms with Gasteiger partial charge in [0.1, 0.15) is 11.9 Å². The van der Waals surface area contributed by atoms with E-state index < -0.39 is 21.9 Å². The van der Waals surface area contributed by atoms with Gasteiger partial charge in [-0.25, -0.2) is 12.8 Å². The van der Waals surface area contributed by atoms with Gasteiger partial charge in [0.2, 0.25) is 21.8 Å². The molecule has 0 saturated heterocycles. The van der Waals surface area contributed by atoms with Crippen LogP contribution in [0.3, 0.4) is 0 Å². The number of anilines is 1. The van der Waals surface area contributed by atoms with Crippen LogP contribution >= 0.6 is 0 Å². The van der Waals surface area contributed by atoms with Crippen LogP contribution in [0.15, 0.2) is 54.6 Å². The molecule has 2 amide bonds. The van der Waals surface area contributed by atoms with Crippen LogP contribution in [0.4, 0.5) is 10.1 Å². The molecule has 0 aliphatic heterocycles. The summed E-state index contributed by atoms with van der Waals surface area (Å²) in [7, 11) is -3.62. The Kier molecular flexibility index (Phi) is 11.2. The SMILES string of the molecule is CCCCNC(=O)[C@H](CC)N(Cc1ccccc1)C(=O)CCCN(c1ccc(F)cc1)S(C)(=O)=O. The van der Waals surface area contributed by atoms with E-state index in [9.17, 15) is 22.4 Å². The van der Waals surface area contributed by atoms with Crippen LogP contribution in [0.25, 0.3) is 0 Å². The maximum atomic E-state index is 13.3. The van der Waals surface area contributed by atoms with Crippen LogP contribution < -0.4 is 9.62 Å². The quantitative estimate of drug-likeness (QED) is 0.392. The molecule has 1 N–H and O–H groups in total. The summed E-state index contributed by atoms with van der Waals surface area (Å²) in [6.45, 7) is 4.82. The van der Waals surface area contributed by atoms with Crippen LogP contribution in [0.2, 0.25) is 0 Å². The molecule has 0 unspecified atom stereocenters. The predicted molar refractivity (Wildman–Crippen MR) is 137 cm³/mol. The fourth-order valence-corrected chi connectivity index (χ4v) is 4.78. The number of amides is 2. The van der Waals surface area contributed by atoms with Crippen molar-refractivity contribution in [3.05, 3.63) is 66.0 Å². The van der Waals surface area contributed by atoms with Crippen LogP contribution in [0.5, 0.6) is 0 Å². The minimum absolute atomic E-state index is 0.0644. The summed E-state index contributed by atoms with van der Waals surface area (Å²) in [6, 6.07) is 14.0. The number of rotatable bonds is 14. The molecule has 0 aliphatic rings. The van der Waals surface area contributed by atoms with Crippen LogP contribution in [-0.2, 0) is 26.2 Å². The van der Waals surface area contributed by atoms with Gasteiger partial charge in [-0.05, 0) is 49.1 Å². The topological polar surface area (TPSA) is 86.8 Å². The van der Waals surface area contributed by atoms with Gasteiger partial charge in [-0.1, -0.05) is 50.6 Å². The minimum atomic E-state index is -3.62. The summed E-state index contributed by atoms with van der Waals surface area (Å²) in [6.07, 6.45) is 3.67. The molecule has 35 heavy (non-hydrogen) atoms. The van der Waals surface area contributed by atoms with Gasteiger partial charge in [-0.3, -0.25) is 13.9 Å². The van der Waals surface area contributed by atoms with Gasteiger partial charge >= 0.3 is 0 Å². The molecule has 0 heterocycles. The normalized spacial score (nSPS) is 12.1. The average molecular weight is 506 g/mol. The van der Waals surface area contributed by atoms with E-state index in [-0.39, 0.29) is 37.7 Å². The Labute approximate surface area is 208 Å². The predicted octanol–water partition coefficient (Wildman–Crippen LogP) is 4.10. The Morgan fingerprint density at radius 1 is 1.00 bits per heavy atom. The standard InChI is InChI=1S/C26H36FN3O4S/c1-4-6-18-28-26(32)24(5-2)29(20-21-11-8-7-9-12-21)25(31)13-10-19-30(35(3,33)34)23-16-14-22(27)15-17-23/h7-9,11-12,14-17,24H,4-6,10,13,18-20H2,1-3H3,(H,28,32)/t24-/m0/s1. The van der Waals surface area contributed by atoms with E-state index in [4.69, 9.17) is 0 Å². The lowest BCUT2D eigenvalue weighted by Gasteiger charge is -2.31. The molecule has 192 valence electrons. The summed E-state index contributed by atoms with van der Waals surface area (Å²) in [5, 5.41) is 2.92. The first-order valence-corrected chi connectivity index (χ1v) is 13.9. The van der Waals surface area contributed by atoms with Crippen molar-refractivity contribution in [3.63, 3.8) is 0 Å². The number of carbonyl (C=O) groups is 2. The highest BCUT2D eigenvalue weighted by molar-refractivity contribution is 7.92. The van der Waals surface area contributed by atoms with Crippen molar-refractivity contribution in [1.29, 1.82) is 0 Å². The smallest absolute Gasteiger partial charge is 0.242 e. The van der Waals surface area contributed by atoms with Crippen molar-refractivity contribution in [1.82, 2.24) is 10.2 Å². The highest BCUT2D eigenvalue weighted by Gasteiger charge is 2.28. The highest BCUT2D eigenvalue weighted by Crippen LogP contribution is 2.20. The molecule has 1 atom stereocenters. The molecule has 2 aromatic carbocycles. The van der Waals surface area contributed by atoms with E-state index in [1.54, 1.807) is 4.90 Å². The Balaban J connectivity index is 2.15. The molecule has 0 aromatic heterocycles. The Morgan fingerprint density at radius 3 is 2.23 bits per heavy atom. The van der Waals surface area contributed by atoms with E-state index in [0.717, 1.165) is 29.0 Å². The lowest BCUT2D eigenvalue weighted by atomic mass is 10.1. The van der Waals surface area contributed by atoms with E-state index in [2.05, 4.69) is 5.32 Å². The van der Waals surface area contributed by atoms with Gasteiger partial charge in [0.15, 0.2) is 0 Å². The Morgan fingerprint density at radius 2 is 1.66 bits per heavy atom.